The Hall–Kier alpha value is -2.10. The van der Waals surface area contributed by atoms with E-state index in [1.807, 2.05) is 31.2 Å². The Morgan fingerprint density at radius 1 is 1.33 bits per heavy atom. The molecule has 0 spiro atoms. The Kier molecular flexibility index (Phi) is 5.11. The Balaban J connectivity index is 2.66. The van der Waals surface area contributed by atoms with Crippen LogP contribution in [0.4, 0.5) is 5.69 Å². The highest BCUT2D eigenvalue weighted by Gasteiger charge is 2.00. The van der Waals surface area contributed by atoms with Gasteiger partial charge in [-0.25, -0.2) is 0 Å². The molecule has 0 aliphatic carbocycles. The number of rotatable bonds is 4. The van der Waals surface area contributed by atoms with E-state index in [0.29, 0.717) is 0 Å². The van der Waals surface area contributed by atoms with Crippen LogP contribution < -0.4 is 5.32 Å². The summed E-state index contributed by atoms with van der Waals surface area (Å²) in [6.07, 6.45) is 3.64. The number of ether oxygens (including phenoxy) is 1. The molecular formula is C14H17NO3. The van der Waals surface area contributed by atoms with Gasteiger partial charge >= 0.3 is 5.97 Å². The molecule has 0 saturated heterocycles. The molecular weight excluding hydrogens is 230 g/mol. The monoisotopic (exact) mass is 247 g/mol. The zero-order chi connectivity index (χ0) is 13.5. The molecule has 1 aromatic rings. The second kappa shape index (κ2) is 6.59. The van der Waals surface area contributed by atoms with Crippen LogP contribution in [0.1, 0.15) is 25.0 Å². The molecule has 1 amide bonds. The highest BCUT2D eigenvalue weighted by molar-refractivity contribution is 5.89. The van der Waals surface area contributed by atoms with Crippen molar-refractivity contribution in [3.63, 3.8) is 0 Å². The fourth-order valence-electron chi connectivity index (χ4n) is 1.47. The van der Waals surface area contributed by atoms with Gasteiger partial charge in [-0.15, -0.1) is 0 Å². The van der Waals surface area contributed by atoms with Gasteiger partial charge in [0, 0.05) is 19.5 Å². The molecule has 18 heavy (non-hydrogen) atoms. The van der Waals surface area contributed by atoms with Gasteiger partial charge in [-0.1, -0.05) is 12.1 Å². The Morgan fingerprint density at radius 2 is 2.06 bits per heavy atom. The van der Waals surface area contributed by atoms with Gasteiger partial charge in [0.2, 0.25) is 5.91 Å². The number of aryl methyl sites for hydroxylation is 1. The van der Waals surface area contributed by atoms with E-state index < -0.39 is 0 Å². The summed E-state index contributed by atoms with van der Waals surface area (Å²) in [5, 5.41) is 2.75. The van der Waals surface area contributed by atoms with Crippen molar-refractivity contribution >= 4 is 23.6 Å². The van der Waals surface area contributed by atoms with Crippen molar-refractivity contribution in [1.82, 2.24) is 0 Å². The third kappa shape index (κ3) is 4.82. The molecule has 1 aromatic carbocycles. The van der Waals surface area contributed by atoms with Crippen molar-refractivity contribution < 1.29 is 14.3 Å². The van der Waals surface area contributed by atoms with Gasteiger partial charge in [0.25, 0.3) is 0 Å². The van der Waals surface area contributed by atoms with E-state index in [-0.39, 0.29) is 18.5 Å². The quantitative estimate of drug-likeness (QED) is 0.832. The van der Waals surface area contributed by atoms with E-state index in [1.54, 1.807) is 6.08 Å². The van der Waals surface area contributed by atoms with Gasteiger partial charge < -0.3 is 10.1 Å². The molecule has 0 heterocycles. The molecule has 0 atom stereocenters. The molecule has 4 heteroatoms. The normalized spacial score (nSPS) is 10.4. The molecule has 1 N–H and O–H groups in total. The van der Waals surface area contributed by atoms with E-state index in [2.05, 4.69) is 5.32 Å². The lowest BCUT2D eigenvalue weighted by Gasteiger charge is -2.06. The maximum absolute atomic E-state index is 11.0. The topological polar surface area (TPSA) is 55.4 Å². The van der Waals surface area contributed by atoms with Crippen molar-refractivity contribution in [1.29, 1.82) is 0 Å². The second-order valence-electron chi connectivity index (χ2n) is 3.96. The Bertz CT molecular complexity index is 478. The molecule has 0 aliphatic heterocycles. The minimum atomic E-state index is -0.295. The minimum Gasteiger partial charge on any atom is -0.462 e. The van der Waals surface area contributed by atoms with Gasteiger partial charge in [0.05, 0.1) is 0 Å². The smallest absolute Gasteiger partial charge is 0.302 e. The van der Waals surface area contributed by atoms with Crippen LogP contribution in [-0.2, 0) is 14.3 Å². The summed E-state index contributed by atoms with van der Waals surface area (Å²) >= 11 is 0. The molecule has 0 saturated carbocycles. The third-order valence-electron chi connectivity index (χ3n) is 2.25. The summed E-state index contributed by atoms with van der Waals surface area (Å²) in [6, 6.07) is 5.69. The summed E-state index contributed by atoms with van der Waals surface area (Å²) in [5.74, 6) is -0.381. The van der Waals surface area contributed by atoms with Crippen LogP contribution in [0.5, 0.6) is 0 Å². The summed E-state index contributed by atoms with van der Waals surface area (Å²) in [7, 11) is 0. The summed E-state index contributed by atoms with van der Waals surface area (Å²) < 4.78 is 4.79. The van der Waals surface area contributed by atoms with Crippen LogP contribution in [0.3, 0.4) is 0 Å². The highest BCUT2D eigenvalue weighted by atomic mass is 16.5. The summed E-state index contributed by atoms with van der Waals surface area (Å²) in [4.78, 5) is 21.5. The zero-order valence-corrected chi connectivity index (χ0v) is 10.8. The lowest BCUT2D eigenvalue weighted by Crippen LogP contribution is -2.06. The van der Waals surface area contributed by atoms with Crippen LogP contribution in [-0.4, -0.2) is 18.5 Å². The summed E-state index contributed by atoms with van der Waals surface area (Å²) in [5.41, 5.74) is 2.79. The number of nitrogens with one attached hydrogen (secondary N) is 1. The number of amides is 1. The average molecular weight is 247 g/mol. The van der Waals surface area contributed by atoms with E-state index in [9.17, 15) is 9.59 Å². The largest absolute Gasteiger partial charge is 0.462 e. The molecule has 0 fully saturated rings. The van der Waals surface area contributed by atoms with Crippen molar-refractivity contribution in [2.75, 3.05) is 11.9 Å². The first-order valence-electron chi connectivity index (χ1n) is 5.67. The first-order valence-corrected chi connectivity index (χ1v) is 5.67. The fourth-order valence-corrected chi connectivity index (χ4v) is 1.47. The van der Waals surface area contributed by atoms with Crippen LogP contribution in [0.25, 0.3) is 6.08 Å². The third-order valence-corrected chi connectivity index (χ3v) is 2.25. The number of esters is 1. The predicted octanol–water partition coefficient (Wildman–Crippen LogP) is 2.53. The second-order valence-corrected chi connectivity index (χ2v) is 3.96. The van der Waals surface area contributed by atoms with Gasteiger partial charge in [-0.3, -0.25) is 9.59 Å². The van der Waals surface area contributed by atoms with E-state index in [4.69, 9.17) is 4.74 Å². The fraction of sp³-hybridized carbons (Fsp3) is 0.286. The number of benzene rings is 1. The number of anilines is 1. The van der Waals surface area contributed by atoms with Gasteiger partial charge in [0.1, 0.15) is 6.61 Å². The Morgan fingerprint density at radius 3 is 2.61 bits per heavy atom. The lowest BCUT2D eigenvalue weighted by molar-refractivity contribution is -0.139. The van der Waals surface area contributed by atoms with Gasteiger partial charge in [0.15, 0.2) is 0 Å². The van der Waals surface area contributed by atoms with Crippen molar-refractivity contribution in [2.24, 2.45) is 0 Å². The molecule has 0 aliphatic rings. The molecule has 96 valence electrons. The molecule has 0 aromatic heterocycles. The SMILES string of the molecule is CC(=O)Nc1ccc(/C=C/COC(C)=O)cc1C. The van der Waals surface area contributed by atoms with Crippen molar-refractivity contribution in [2.45, 2.75) is 20.8 Å². The van der Waals surface area contributed by atoms with Crippen molar-refractivity contribution in [3.05, 3.63) is 35.4 Å². The summed E-state index contributed by atoms with van der Waals surface area (Å²) in [6.45, 7) is 5.04. The van der Waals surface area contributed by atoms with Crippen LogP contribution in [0.15, 0.2) is 24.3 Å². The van der Waals surface area contributed by atoms with E-state index in [1.165, 1.54) is 13.8 Å². The number of carbonyl (C=O) groups is 2. The maximum atomic E-state index is 11.0. The Labute approximate surface area is 107 Å². The van der Waals surface area contributed by atoms with Gasteiger partial charge in [-0.2, -0.15) is 0 Å². The number of hydrogen-bond donors (Lipinski definition) is 1. The first kappa shape index (κ1) is 14.0. The molecule has 0 unspecified atom stereocenters. The minimum absolute atomic E-state index is 0.0868. The number of hydrogen-bond acceptors (Lipinski definition) is 3. The van der Waals surface area contributed by atoms with Gasteiger partial charge in [-0.05, 0) is 36.3 Å². The van der Waals surface area contributed by atoms with E-state index >= 15 is 0 Å². The molecule has 0 radical (unpaired) electrons. The lowest BCUT2D eigenvalue weighted by atomic mass is 10.1. The molecule has 4 nitrogen and oxygen atoms in total. The molecule has 0 bridgehead atoms. The molecule has 1 rings (SSSR count). The van der Waals surface area contributed by atoms with Crippen LogP contribution in [0.2, 0.25) is 0 Å². The standard InChI is InChI=1S/C14H17NO3/c1-10-9-13(5-4-8-18-12(3)17)6-7-14(10)15-11(2)16/h4-7,9H,8H2,1-3H3,(H,15,16)/b5-4+. The van der Waals surface area contributed by atoms with E-state index in [0.717, 1.165) is 16.8 Å². The highest BCUT2D eigenvalue weighted by Crippen LogP contribution is 2.17. The first-order chi connectivity index (χ1) is 8.49. The average Bonchev–Trinajstić information content (AvgIpc) is 2.27. The van der Waals surface area contributed by atoms with Crippen LogP contribution in [0, 0.1) is 6.92 Å². The van der Waals surface area contributed by atoms with Crippen molar-refractivity contribution in [3.8, 4) is 0 Å². The van der Waals surface area contributed by atoms with Crippen LogP contribution >= 0.6 is 0 Å². The maximum Gasteiger partial charge on any atom is 0.302 e. The zero-order valence-electron chi connectivity index (χ0n) is 10.8. The number of carbonyl (C=O) groups excluding carboxylic acids is 2. The predicted molar refractivity (Wildman–Crippen MR) is 71.1 cm³/mol.